The number of carbonyl (C=O) groups excluding carboxylic acids is 1. The van der Waals surface area contributed by atoms with Crippen molar-refractivity contribution in [2.24, 2.45) is 0 Å². The van der Waals surface area contributed by atoms with Gasteiger partial charge in [-0.3, -0.25) is 0 Å². The van der Waals surface area contributed by atoms with Gasteiger partial charge in [0.05, 0.1) is 38.0 Å². The molecule has 17 N–H and O–H groups in total. The lowest BCUT2D eigenvalue weighted by Crippen LogP contribution is -2.31. The minimum Gasteiger partial charge on any atom is -0.855 e. The molecule has 0 radical (unpaired) electrons. The third-order valence-electron chi connectivity index (χ3n) is 4.82. The lowest BCUT2D eigenvalue weighted by Gasteiger charge is -2.20. The number of carboxylic acids is 1. The van der Waals surface area contributed by atoms with Crippen LogP contribution in [-0.4, -0.2) is 62.9 Å². The second-order valence-corrected chi connectivity index (χ2v) is 8.48. The number of hydrogen-bond acceptors (Lipinski definition) is 8. The molecule has 0 aliphatic carbocycles. The van der Waals surface area contributed by atoms with E-state index in [4.69, 9.17) is 24.8 Å². The first-order valence-electron chi connectivity index (χ1n) is 14.2. The summed E-state index contributed by atoms with van der Waals surface area (Å²) >= 11 is 0. The van der Waals surface area contributed by atoms with Crippen LogP contribution < -0.4 is 45.0 Å². The summed E-state index contributed by atoms with van der Waals surface area (Å²) in [6.07, 6.45) is 15.4. The van der Waals surface area contributed by atoms with Gasteiger partial charge in [-0.25, -0.2) is 0 Å². The van der Waals surface area contributed by atoms with E-state index in [1.54, 1.807) is 20.8 Å². The summed E-state index contributed by atoms with van der Waals surface area (Å²) in [5, 5.41) is 47.4. The van der Waals surface area contributed by atoms with Crippen LogP contribution in [0, 0.1) is 0 Å². The number of carboxylic acid groups (broad SMARTS) is 1. The molecule has 2 atom stereocenters. The van der Waals surface area contributed by atoms with Gasteiger partial charge in [-0.05, 0) is 12.8 Å². The van der Waals surface area contributed by atoms with E-state index in [1.165, 1.54) is 51.4 Å². The number of aliphatic hydroxyl groups is 1. The normalized spacial score (nSPS) is 10.5. The van der Waals surface area contributed by atoms with Crippen molar-refractivity contribution in [1.29, 1.82) is 0 Å². The van der Waals surface area contributed by atoms with Crippen LogP contribution in [0.1, 0.15) is 125 Å². The Hall–Kier alpha value is -0.930. The van der Waals surface area contributed by atoms with Crippen LogP contribution in [0.2, 0.25) is 0 Å². The van der Waals surface area contributed by atoms with Crippen LogP contribution in [0.5, 0.6) is 0 Å². The highest BCUT2D eigenvalue weighted by Gasteiger charge is 2.13. The highest BCUT2D eigenvalue weighted by Crippen LogP contribution is 2.13. The molecular formula is C28H74N4O8. The molecular weight excluding hydrogens is 520 g/mol. The molecule has 0 aromatic carbocycles. The largest absolute Gasteiger partial charge is 0.855 e. The van der Waals surface area contributed by atoms with Gasteiger partial charge in [-0.1, -0.05) is 112 Å². The standard InChI is InChI=1S/C22H44O5.3C2H5O.4H3N/c1-3-5-7-9-11-13-15-20(23)17-27-21(18-26-19-22(24)25)16-14-12-10-8-6-4-2;3*1-2-3;;;;/h20-21,23H,3-19H2,1-2H3,(H,24,25);3*2H2,1H3;4*1H3/q;3*-1;;;;/p+3. The van der Waals surface area contributed by atoms with Crippen molar-refractivity contribution in [3.8, 4) is 0 Å². The summed E-state index contributed by atoms with van der Waals surface area (Å²) < 4.78 is 11.0. The SMILES string of the molecule is CCCCCCCCC(O)COC(CCCCCCCC)COCC(=O)[O-].CC[O-].CC[O-].CC[O-].[NH4+].[NH4+].[NH4+].[NH4+]. The van der Waals surface area contributed by atoms with Crippen molar-refractivity contribution in [3.63, 3.8) is 0 Å². The Labute approximate surface area is 247 Å². The van der Waals surface area contributed by atoms with Gasteiger partial charge < -0.3 is 64.4 Å². The molecule has 254 valence electrons. The van der Waals surface area contributed by atoms with Crippen molar-refractivity contribution in [3.05, 3.63) is 0 Å². The molecule has 12 heteroatoms. The zero-order valence-corrected chi connectivity index (χ0v) is 28.1. The van der Waals surface area contributed by atoms with Crippen LogP contribution in [0.25, 0.3) is 0 Å². The van der Waals surface area contributed by atoms with Crippen LogP contribution in [0.4, 0.5) is 0 Å². The fourth-order valence-corrected chi connectivity index (χ4v) is 3.13. The van der Waals surface area contributed by atoms with E-state index in [0.29, 0.717) is 6.61 Å². The van der Waals surface area contributed by atoms with E-state index >= 15 is 0 Å². The zero-order chi connectivity index (χ0) is 28.3. The molecule has 12 nitrogen and oxygen atoms in total. The lowest BCUT2D eigenvalue weighted by molar-refractivity contribution is -0.362. The van der Waals surface area contributed by atoms with Gasteiger partial charge in [0.2, 0.25) is 0 Å². The van der Waals surface area contributed by atoms with E-state index in [9.17, 15) is 15.0 Å². The van der Waals surface area contributed by atoms with Crippen LogP contribution in [0.3, 0.4) is 0 Å². The number of ether oxygens (including phenoxy) is 2. The Kier molecular flexibility index (Phi) is 84.8. The Morgan fingerprint density at radius 1 is 0.625 bits per heavy atom. The quantitative estimate of drug-likeness (QED) is 0.122. The van der Waals surface area contributed by atoms with E-state index in [0.717, 1.165) is 38.5 Å². The highest BCUT2D eigenvalue weighted by atomic mass is 16.5. The summed E-state index contributed by atoms with van der Waals surface area (Å²) in [7, 11) is 0. The number of quaternary nitrogens is 4. The van der Waals surface area contributed by atoms with Crippen molar-refractivity contribution in [2.45, 2.75) is 137 Å². The minimum atomic E-state index is -1.21. The molecule has 0 amide bonds. The average molecular weight is 595 g/mol. The number of unbranched alkanes of at least 4 members (excludes halogenated alkanes) is 10. The zero-order valence-electron chi connectivity index (χ0n) is 28.1. The third-order valence-corrected chi connectivity index (χ3v) is 4.82. The predicted molar refractivity (Wildman–Crippen MR) is 163 cm³/mol. The summed E-state index contributed by atoms with van der Waals surface area (Å²) in [6.45, 7) is 9.25. The summed E-state index contributed by atoms with van der Waals surface area (Å²) in [6, 6.07) is 0. The van der Waals surface area contributed by atoms with Crippen LogP contribution in [-0.2, 0) is 14.3 Å². The molecule has 0 aromatic rings. The van der Waals surface area contributed by atoms with Gasteiger partial charge in [0.25, 0.3) is 0 Å². The average Bonchev–Trinajstić information content (AvgIpc) is 2.83. The smallest absolute Gasteiger partial charge is 0.0862 e. The van der Waals surface area contributed by atoms with Crippen molar-refractivity contribution in [1.82, 2.24) is 24.6 Å². The second-order valence-electron chi connectivity index (χ2n) is 8.48. The number of aliphatic carboxylic acids is 1. The predicted octanol–water partition coefficient (Wildman–Crippen LogP) is 3.60. The van der Waals surface area contributed by atoms with Gasteiger partial charge >= 0.3 is 0 Å². The lowest BCUT2D eigenvalue weighted by atomic mass is 10.1. The van der Waals surface area contributed by atoms with E-state index in [-0.39, 0.29) is 57.1 Å². The fraction of sp³-hybridized carbons (Fsp3) is 0.964. The maximum Gasteiger partial charge on any atom is 0.0862 e. The molecule has 40 heavy (non-hydrogen) atoms. The number of carbonyl (C=O) groups is 1. The first kappa shape index (κ1) is 58.7. The van der Waals surface area contributed by atoms with Gasteiger partial charge in [0.15, 0.2) is 0 Å². The molecule has 0 aliphatic heterocycles. The van der Waals surface area contributed by atoms with E-state index in [2.05, 4.69) is 13.8 Å². The second kappa shape index (κ2) is 57.9. The molecule has 0 bridgehead atoms. The molecule has 0 heterocycles. The van der Waals surface area contributed by atoms with Crippen molar-refractivity contribution in [2.75, 3.05) is 39.6 Å². The third kappa shape index (κ3) is 71.0. The fourth-order valence-electron chi connectivity index (χ4n) is 3.13. The molecule has 0 fully saturated rings. The maximum absolute atomic E-state index is 10.5. The van der Waals surface area contributed by atoms with E-state index < -0.39 is 18.7 Å². The monoisotopic (exact) mass is 595 g/mol. The van der Waals surface area contributed by atoms with Crippen molar-refractivity contribution < 1.29 is 39.8 Å². The topological polar surface area (TPSA) is 294 Å². The first-order valence-corrected chi connectivity index (χ1v) is 14.2. The first-order chi connectivity index (χ1) is 17.3. The molecule has 0 aromatic heterocycles. The summed E-state index contributed by atoms with van der Waals surface area (Å²) in [4.78, 5) is 10.5. The van der Waals surface area contributed by atoms with Gasteiger partial charge in [-0.15, -0.1) is 19.8 Å². The number of aliphatic hydroxyl groups excluding tert-OH is 1. The van der Waals surface area contributed by atoms with Crippen molar-refractivity contribution >= 4 is 5.97 Å². The Morgan fingerprint density at radius 2 is 0.975 bits per heavy atom. The van der Waals surface area contributed by atoms with Crippen LogP contribution >= 0.6 is 0 Å². The number of hydrogen-bond donors (Lipinski definition) is 5. The number of rotatable bonds is 21. The molecule has 0 saturated carbocycles. The summed E-state index contributed by atoms with van der Waals surface area (Å²) in [5.41, 5.74) is 0. The minimum absolute atomic E-state index is 0. The van der Waals surface area contributed by atoms with E-state index in [1.807, 2.05) is 0 Å². The molecule has 0 spiro atoms. The molecule has 0 saturated heterocycles. The molecule has 2 unspecified atom stereocenters. The molecule has 0 rings (SSSR count). The highest BCUT2D eigenvalue weighted by molar-refractivity contribution is 5.65. The van der Waals surface area contributed by atoms with Gasteiger partial charge in [-0.2, -0.15) is 0 Å². The van der Waals surface area contributed by atoms with Gasteiger partial charge in [0.1, 0.15) is 0 Å². The summed E-state index contributed by atoms with van der Waals surface area (Å²) in [5.74, 6) is -1.21. The molecule has 0 aliphatic rings. The van der Waals surface area contributed by atoms with Crippen LogP contribution in [0.15, 0.2) is 0 Å². The maximum atomic E-state index is 10.5. The Balaban J connectivity index is -0.000000115. The Bertz CT molecular complexity index is 383. The Morgan fingerprint density at radius 3 is 1.35 bits per heavy atom. The van der Waals surface area contributed by atoms with Gasteiger partial charge in [0, 0.05) is 0 Å².